The Morgan fingerprint density at radius 2 is 1.77 bits per heavy atom. The summed E-state index contributed by atoms with van der Waals surface area (Å²) in [5.41, 5.74) is 1.29. The summed E-state index contributed by atoms with van der Waals surface area (Å²) in [5.74, 6) is 3.07. The summed E-state index contributed by atoms with van der Waals surface area (Å²) in [5, 5.41) is 0. The van der Waals surface area contributed by atoms with E-state index in [0.717, 1.165) is 67.1 Å². The van der Waals surface area contributed by atoms with Gasteiger partial charge in [-0.05, 0) is 78.9 Å². The second-order valence-electron chi connectivity index (χ2n) is 6.67. The smallest absolute Gasteiger partial charge is 0.160 e. The van der Waals surface area contributed by atoms with Gasteiger partial charge in [0.05, 0.1) is 18.7 Å². The van der Waals surface area contributed by atoms with Gasteiger partial charge in [0.2, 0.25) is 0 Å². The predicted molar refractivity (Wildman–Crippen MR) is 106 cm³/mol. The largest absolute Gasteiger partial charge is 0.493 e. The van der Waals surface area contributed by atoms with E-state index in [0.29, 0.717) is 5.92 Å². The third-order valence-electron chi connectivity index (χ3n) is 4.98. The molecule has 1 aromatic carbocycles. The zero-order valence-electron chi connectivity index (χ0n) is 15.4. The van der Waals surface area contributed by atoms with Crippen LogP contribution in [0.5, 0.6) is 11.5 Å². The third-order valence-corrected chi connectivity index (χ3v) is 5.39. The lowest BCUT2D eigenvalue weighted by Crippen LogP contribution is -2.34. The zero-order chi connectivity index (χ0) is 18.4. The van der Waals surface area contributed by atoms with Crippen LogP contribution in [0, 0.1) is 0 Å². The summed E-state index contributed by atoms with van der Waals surface area (Å²) < 4.78 is 11.6. The molecule has 1 aromatic heterocycles. The minimum absolute atomic E-state index is 0.491. The van der Waals surface area contributed by atoms with Gasteiger partial charge in [0.1, 0.15) is 5.82 Å². The third kappa shape index (κ3) is 4.95. The van der Waals surface area contributed by atoms with Crippen LogP contribution in [0.25, 0.3) is 0 Å². The quantitative estimate of drug-likeness (QED) is 0.676. The number of hydrogen-bond donors (Lipinski definition) is 0. The van der Waals surface area contributed by atoms with Crippen molar-refractivity contribution in [3.05, 3.63) is 46.5 Å². The number of hydrogen-bond acceptors (Lipinski definition) is 5. The van der Waals surface area contributed by atoms with Crippen LogP contribution >= 0.6 is 15.9 Å². The number of rotatable bonds is 7. The second-order valence-corrected chi connectivity index (χ2v) is 7.58. The van der Waals surface area contributed by atoms with Crippen molar-refractivity contribution in [1.82, 2.24) is 14.9 Å². The Morgan fingerprint density at radius 3 is 2.42 bits per heavy atom. The minimum atomic E-state index is 0.491. The van der Waals surface area contributed by atoms with Crippen molar-refractivity contribution in [1.29, 1.82) is 0 Å². The summed E-state index contributed by atoms with van der Waals surface area (Å²) in [6.07, 6.45) is 8.16. The second kappa shape index (κ2) is 9.33. The van der Waals surface area contributed by atoms with Gasteiger partial charge < -0.3 is 14.4 Å². The number of halogens is 1. The van der Waals surface area contributed by atoms with Gasteiger partial charge in [-0.1, -0.05) is 6.07 Å². The fourth-order valence-corrected chi connectivity index (χ4v) is 3.70. The molecule has 0 unspecified atom stereocenters. The minimum Gasteiger partial charge on any atom is -0.493 e. The van der Waals surface area contributed by atoms with E-state index < -0.39 is 0 Å². The number of piperidine rings is 1. The van der Waals surface area contributed by atoms with Crippen LogP contribution in [0.4, 0.5) is 0 Å². The van der Waals surface area contributed by atoms with Crippen molar-refractivity contribution < 1.29 is 9.47 Å². The first-order valence-corrected chi connectivity index (χ1v) is 9.89. The molecule has 5 nitrogen and oxygen atoms in total. The van der Waals surface area contributed by atoms with E-state index in [4.69, 9.17) is 9.47 Å². The summed E-state index contributed by atoms with van der Waals surface area (Å²) in [6.45, 7) is 3.37. The van der Waals surface area contributed by atoms with Crippen LogP contribution in [0.3, 0.4) is 0 Å². The maximum Gasteiger partial charge on any atom is 0.160 e. The van der Waals surface area contributed by atoms with Gasteiger partial charge >= 0.3 is 0 Å². The lowest BCUT2D eigenvalue weighted by Gasteiger charge is -2.31. The average molecular weight is 420 g/mol. The van der Waals surface area contributed by atoms with Gasteiger partial charge in [0, 0.05) is 18.3 Å². The fraction of sp³-hybridized carbons (Fsp3) is 0.500. The number of aryl methyl sites for hydroxylation is 1. The molecule has 140 valence electrons. The number of aromatic nitrogens is 2. The molecule has 1 saturated heterocycles. The van der Waals surface area contributed by atoms with Crippen LogP contribution in [-0.4, -0.2) is 48.7 Å². The molecule has 0 bridgehead atoms. The Balaban J connectivity index is 1.43. The summed E-state index contributed by atoms with van der Waals surface area (Å²) in [4.78, 5) is 11.5. The Labute approximate surface area is 163 Å². The van der Waals surface area contributed by atoms with Crippen LogP contribution in [0.1, 0.15) is 36.6 Å². The molecule has 0 amide bonds. The van der Waals surface area contributed by atoms with Gasteiger partial charge in [0.15, 0.2) is 11.5 Å². The lowest BCUT2D eigenvalue weighted by atomic mass is 9.95. The average Bonchev–Trinajstić information content (AvgIpc) is 2.69. The molecule has 0 spiro atoms. The highest BCUT2D eigenvalue weighted by Gasteiger charge is 2.22. The van der Waals surface area contributed by atoms with E-state index in [1.165, 1.54) is 5.56 Å². The molecule has 1 aliphatic rings. The highest BCUT2D eigenvalue weighted by atomic mass is 79.9. The van der Waals surface area contributed by atoms with Gasteiger partial charge in [-0.3, -0.25) is 0 Å². The van der Waals surface area contributed by atoms with Crippen molar-refractivity contribution in [2.45, 2.75) is 31.6 Å². The summed E-state index contributed by atoms with van der Waals surface area (Å²) >= 11 is 3.40. The number of nitrogens with zero attached hydrogens (tertiary/aromatic N) is 3. The van der Waals surface area contributed by atoms with E-state index in [1.807, 2.05) is 18.5 Å². The molecule has 26 heavy (non-hydrogen) atoms. The zero-order valence-corrected chi connectivity index (χ0v) is 17.0. The molecule has 6 heteroatoms. The molecule has 2 heterocycles. The molecule has 1 fully saturated rings. The molecule has 0 atom stereocenters. The van der Waals surface area contributed by atoms with Crippen molar-refractivity contribution >= 4 is 15.9 Å². The van der Waals surface area contributed by atoms with Gasteiger partial charge in [-0.15, -0.1) is 0 Å². The van der Waals surface area contributed by atoms with Gasteiger partial charge in [-0.2, -0.15) is 0 Å². The monoisotopic (exact) mass is 419 g/mol. The molecular weight excluding hydrogens is 394 g/mol. The fourth-order valence-electron chi connectivity index (χ4n) is 3.49. The van der Waals surface area contributed by atoms with E-state index in [9.17, 15) is 0 Å². The Kier molecular flexibility index (Phi) is 6.86. The van der Waals surface area contributed by atoms with Gasteiger partial charge in [0.25, 0.3) is 0 Å². The Bertz CT molecular complexity index is 701. The summed E-state index contributed by atoms with van der Waals surface area (Å²) in [6, 6.07) is 6.19. The van der Waals surface area contributed by atoms with Crippen LogP contribution in [0.15, 0.2) is 35.1 Å². The highest BCUT2D eigenvalue weighted by molar-refractivity contribution is 9.10. The molecule has 0 N–H and O–H groups in total. The van der Waals surface area contributed by atoms with E-state index in [2.05, 4.69) is 42.9 Å². The molecule has 0 radical (unpaired) electrons. The van der Waals surface area contributed by atoms with E-state index in [1.54, 1.807) is 14.2 Å². The molecule has 3 rings (SSSR count). The van der Waals surface area contributed by atoms with Crippen LogP contribution in [0.2, 0.25) is 0 Å². The van der Waals surface area contributed by atoms with Crippen molar-refractivity contribution in [3.63, 3.8) is 0 Å². The first kappa shape index (κ1) is 19.1. The number of likely N-dealkylation sites (tertiary alicyclic amines) is 1. The molecule has 0 aliphatic carbocycles. The van der Waals surface area contributed by atoms with Crippen molar-refractivity contribution in [3.8, 4) is 11.5 Å². The van der Waals surface area contributed by atoms with Crippen molar-refractivity contribution in [2.75, 3.05) is 33.9 Å². The Morgan fingerprint density at radius 1 is 1.08 bits per heavy atom. The van der Waals surface area contributed by atoms with Crippen LogP contribution < -0.4 is 9.47 Å². The standard InChI is InChI=1S/C20H26BrN3O2/c1-25-18-6-5-15(12-19(18)26-2)4-3-9-24-10-7-16(8-11-24)20-22-13-17(21)14-23-20/h5-6,12-14,16H,3-4,7-11H2,1-2H3. The molecule has 2 aromatic rings. The molecule has 0 saturated carbocycles. The van der Waals surface area contributed by atoms with E-state index in [-0.39, 0.29) is 0 Å². The number of benzene rings is 1. The lowest BCUT2D eigenvalue weighted by molar-refractivity contribution is 0.207. The first-order valence-electron chi connectivity index (χ1n) is 9.10. The maximum atomic E-state index is 5.38. The molecular formula is C20H26BrN3O2. The summed E-state index contributed by atoms with van der Waals surface area (Å²) in [7, 11) is 3.35. The SMILES string of the molecule is COc1ccc(CCCN2CCC(c3ncc(Br)cn3)CC2)cc1OC. The van der Waals surface area contributed by atoms with Crippen LogP contribution in [-0.2, 0) is 6.42 Å². The number of ether oxygens (including phenoxy) is 2. The highest BCUT2D eigenvalue weighted by Crippen LogP contribution is 2.28. The van der Waals surface area contributed by atoms with Gasteiger partial charge in [-0.25, -0.2) is 9.97 Å². The Hall–Kier alpha value is -1.66. The van der Waals surface area contributed by atoms with Crippen molar-refractivity contribution in [2.24, 2.45) is 0 Å². The number of methoxy groups -OCH3 is 2. The maximum absolute atomic E-state index is 5.38. The normalized spacial score (nSPS) is 15.8. The molecule has 1 aliphatic heterocycles. The van der Waals surface area contributed by atoms with E-state index >= 15 is 0 Å². The topological polar surface area (TPSA) is 47.5 Å². The predicted octanol–water partition coefficient (Wildman–Crippen LogP) is 4.07. The first-order chi connectivity index (χ1) is 12.7.